The van der Waals surface area contributed by atoms with Crippen LogP contribution in [0, 0.1) is 11.8 Å². The third-order valence-corrected chi connectivity index (χ3v) is 4.99. The quantitative estimate of drug-likeness (QED) is 0.383. The fraction of sp³-hybridized carbons (Fsp3) is 1.00. The molecule has 0 spiro atoms. The highest BCUT2D eigenvalue weighted by Gasteiger charge is 2.19. The van der Waals surface area contributed by atoms with E-state index in [-0.39, 0.29) is 0 Å². The van der Waals surface area contributed by atoms with Gasteiger partial charge in [0, 0.05) is 23.9 Å². The Labute approximate surface area is 155 Å². The summed E-state index contributed by atoms with van der Waals surface area (Å²) in [4.78, 5) is 2.83. The van der Waals surface area contributed by atoms with Gasteiger partial charge >= 0.3 is 0 Å². The second-order valence-corrected chi connectivity index (χ2v) is 7.05. The van der Waals surface area contributed by atoms with E-state index in [1.165, 1.54) is 56.7 Å². The topological polar surface area (TPSA) is 40.5 Å². The monoisotopic (exact) mass is 528 g/mol. The predicted octanol–water partition coefficient (Wildman–Crippen LogP) is 5.16. The van der Waals surface area contributed by atoms with Gasteiger partial charge in [-0.25, -0.2) is 0 Å². The van der Waals surface area contributed by atoms with Gasteiger partial charge in [0.2, 0.25) is 0 Å². The molecule has 0 aromatic rings. The van der Waals surface area contributed by atoms with Crippen molar-refractivity contribution in [2.24, 2.45) is 11.8 Å². The van der Waals surface area contributed by atoms with Crippen LogP contribution in [0.2, 0.25) is 0 Å². The SMILES string of the molecule is BrC1CCCC1.BrCC1CC1.CI.CO.OCC1CC1. The molecule has 0 saturated heterocycles. The summed E-state index contributed by atoms with van der Waals surface area (Å²) in [5, 5.41) is 16.4. The largest absolute Gasteiger partial charge is 0.400 e. The average molecular weight is 530 g/mol. The van der Waals surface area contributed by atoms with Gasteiger partial charge in [-0.3, -0.25) is 0 Å². The Morgan fingerprint density at radius 1 is 0.900 bits per heavy atom. The van der Waals surface area contributed by atoms with Crippen molar-refractivity contribution in [3.8, 4) is 0 Å². The first kappa shape index (κ1) is 23.9. The van der Waals surface area contributed by atoms with Crippen LogP contribution in [0.4, 0.5) is 0 Å². The van der Waals surface area contributed by atoms with Crippen LogP contribution in [-0.4, -0.2) is 39.0 Å². The van der Waals surface area contributed by atoms with Crippen molar-refractivity contribution in [1.82, 2.24) is 0 Å². The van der Waals surface area contributed by atoms with Crippen LogP contribution in [0.1, 0.15) is 51.4 Å². The van der Waals surface area contributed by atoms with E-state index in [2.05, 4.69) is 54.5 Å². The first-order valence-corrected chi connectivity index (χ1v) is 11.6. The number of rotatable bonds is 2. The van der Waals surface area contributed by atoms with Gasteiger partial charge in [-0.1, -0.05) is 67.3 Å². The Balaban J connectivity index is 0. The van der Waals surface area contributed by atoms with Gasteiger partial charge < -0.3 is 10.2 Å². The molecule has 0 amide bonds. The Kier molecular flexibility index (Phi) is 22.3. The van der Waals surface area contributed by atoms with E-state index in [0.717, 1.165) is 17.9 Å². The van der Waals surface area contributed by atoms with E-state index in [9.17, 15) is 0 Å². The molecule has 2 N–H and O–H groups in total. The molecule has 0 bridgehead atoms. The van der Waals surface area contributed by atoms with Crippen molar-refractivity contribution in [3.63, 3.8) is 0 Å². The van der Waals surface area contributed by atoms with Crippen LogP contribution in [0.15, 0.2) is 0 Å². The Bertz CT molecular complexity index is 159. The summed E-state index contributed by atoms with van der Waals surface area (Å²) in [5.74, 6) is 1.74. The van der Waals surface area contributed by atoms with Crippen molar-refractivity contribution in [3.05, 3.63) is 0 Å². The molecule has 5 heteroatoms. The molecule has 3 fully saturated rings. The third kappa shape index (κ3) is 19.6. The van der Waals surface area contributed by atoms with Crippen LogP contribution in [-0.2, 0) is 0 Å². The fourth-order valence-electron chi connectivity index (χ4n) is 1.45. The fourth-order valence-corrected chi connectivity index (χ4v) is 2.74. The summed E-state index contributed by atoms with van der Waals surface area (Å²) in [7, 11) is 1.00. The lowest BCUT2D eigenvalue weighted by molar-refractivity contribution is 0.277. The molecule has 0 radical (unpaired) electrons. The van der Waals surface area contributed by atoms with Gasteiger partial charge in [0.15, 0.2) is 0 Å². The molecule has 0 aromatic carbocycles. The molecule has 3 aliphatic rings. The summed E-state index contributed by atoms with van der Waals surface area (Å²) in [6, 6.07) is 0. The van der Waals surface area contributed by atoms with Crippen LogP contribution in [0.3, 0.4) is 0 Å². The van der Waals surface area contributed by atoms with Crippen LogP contribution < -0.4 is 0 Å². The van der Waals surface area contributed by atoms with E-state index in [4.69, 9.17) is 10.2 Å². The number of hydrogen-bond donors (Lipinski definition) is 2. The number of aliphatic hydroxyl groups excluding tert-OH is 2. The first-order valence-electron chi connectivity index (χ1n) is 7.39. The smallest absolute Gasteiger partial charge is 0.0459 e. The normalized spacial score (nSPS) is 19.9. The zero-order chi connectivity index (χ0) is 15.8. The zero-order valence-electron chi connectivity index (χ0n) is 12.8. The summed E-state index contributed by atoms with van der Waals surface area (Å²) in [6.45, 7) is 0.417. The maximum absolute atomic E-state index is 8.21. The van der Waals surface area contributed by atoms with Crippen LogP contribution >= 0.6 is 54.5 Å². The van der Waals surface area contributed by atoms with Crippen molar-refractivity contribution < 1.29 is 10.2 Å². The molecule has 3 aliphatic carbocycles. The standard InChI is InChI=1S/C5H9Br.C4H7Br.C4H8O.CH3I.CH4O/c6-5-3-1-2-4-5;2*5-3-4-1-2-4;2*1-2/h5H,1-4H2;4H,1-3H2;4-5H,1-3H2;1H3;2H,1H3. The molecule has 0 atom stereocenters. The summed E-state index contributed by atoms with van der Waals surface area (Å²) in [6.07, 6.45) is 11.1. The molecule has 3 saturated carbocycles. The zero-order valence-corrected chi connectivity index (χ0v) is 18.2. The highest BCUT2D eigenvalue weighted by molar-refractivity contribution is 14.1. The van der Waals surface area contributed by atoms with Crippen molar-refractivity contribution in [2.45, 2.75) is 56.2 Å². The summed E-state index contributed by atoms with van der Waals surface area (Å²) in [5.41, 5.74) is 0. The van der Waals surface area contributed by atoms with Gasteiger partial charge in [-0.15, -0.1) is 0 Å². The second-order valence-electron chi connectivity index (χ2n) is 5.11. The second kappa shape index (κ2) is 18.7. The lowest BCUT2D eigenvalue weighted by atomic mass is 10.4. The van der Waals surface area contributed by atoms with Crippen LogP contribution in [0.25, 0.3) is 0 Å². The minimum Gasteiger partial charge on any atom is -0.400 e. The van der Waals surface area contributed by atoms with Crippen molar-refractivity contribution in [1.29, 1.82) is 0 Å². The van der Waals surface area contributed by atoms with Gasteiger partial charge in [0.1, 0.15) is 0 Å². The highest BCUT2D eigenvalue weighted by Crippen LogP contribution is 2.30. The van der Waals surface area contributed by atoms with Gasteiger partial charge in [0.25, 0.3) is 0 Å². The molecule has 3 rings (SSSR count). The molecule has 0 heterocycles. The van der Waals surface area contributed by atoms with E-state index in [1.54, 1.807) is 0 Å². The number of hydrogen-bond acceptors (Lipinski definition) is 2. The molecule has 0 aliphatic heterocycles. The summed E-state index contributed by atoms with van der Waals surface area (Å²) < 4.78 is 0. The molecule has 0 aromatic heterocycles. The number of halogens is 3. The minimum atomic E-state index is 0.417. The Hall–Kier alpha value is 1.61. The lowest BCUT2D eigenvalue weighted by Crippen LogP contribution is -1.81. The lowest BCUT2D eigenvalue weighted by Gasteiger charge is -1.88. The maximum atomic E-state index is 8.21. The van der Waals surface area contributed by atoms with Crippen LogP contribution in [0.5, 0.6) is 0 Å². The number of aliphatic hydroxyl groups is 2. The molecule has 2 nitrogen and oxygen atoms in total. The van der Waals surface area contributed by atoms with Gasteiger partial charge in [-0.2, -0.15) is 0 Å². The Morgan fingerprint density at radius 2 is 1.30 bits per heavy atom. The van der Waals surface area contributed by atoms with Crippen molar-refractivity contribution >= 4 is 54.5 Å². The third-order valence-electron chi connectivity index (χ3n) is 3.15. The Morgan fingerprint density at radius 3 is 1.35 bits per heavy atom. The highest BCUT2D eigenvalue weighted by atomic mass is 127. The van der Waals surface area contributed by atoms with E-state index < -0.39 is 0 Å². The van der Waals surface area contributed by atoms with Gasteiger partial charge in [0.05, 0.1) is 0 Å². The molecule has 0 unspecified atom stereocenters. The summed E-state index contributed by atoms with van der Waals surface area (Å²) >= 11 is 9.06. The van der Waals surface area contributed by atoms with Gasteiger partial charge in [-0.05, 0) is 55.3 Å². The molecular formula is C15H31Br2IO2. The van der Waals surface area contributed by atoms with E-state index in [0.29, 0.717) is 12.5 Å². The molecular weight excluding hydrogens is 499 g/mol. The molecule has 124 valence electrons. The predicted molar refractivity (Wildman–Crippen MR) is 106 cm³/mol. The maximum Gasteiger partial charge on any atom is 0.0459 e. The average Bonchev–Trinajstić information content (AvgIpc) is 3.44. The molecule has 20 heavy (non-hydrogen) atoms. The minimum absolute atomic E-state index is 0.417. The number of alkyl halides is 3. The van der Waals surface area contributed by atoms with E-state index in [1.807, 2.05) is 4.93 Å². The van der Waals surface area contributed by atoms with Crippen molar-refractivity contribution in [2.75, 3.05) is 24.0 Å². The first-order chi connectivity index (χ1) is 9.76. The van der Waals surface area contributed by atoms with E-state index >= 15 is 0 Å².